The summed E-state index contributed by atoms with van der Waals surface area (Å²) in [5.41, 5.74) is -1.61. The van der Waals surface area contributed by atoms with Crippen molar-refractivity contribution in [3.8, 4) is 0 Å². The van der Waals surface area contributed by atoms with E-state index in [9.17, 15) is 13.2 Å². The fourth-order valence-corrected chi connectivity index (χ4v) is 0.980. The Morgan fingerprint density at radius 2 is 1.77 bits per heavy atom. The second-order valence-corrected chi connectivity index (χ2v) is 3.78. The zero-order chi connectivity index (χ0) is 10.3. The summed E-state index contributed by atoms with van der Waals surface area (Å²) in [6.45, 7) is 4.92. The summed E-state index contributed by atoms with van der Waals surface area (Å²) in [5.74, 6) is -0.125. The van der Waals surface area contributed by atoms with E-state index in [1.54, 1.807) is 20.8 Å². The van der Waals surface area contributed by atoms with Crippen molar-refractivity contribution in [2.45, 2.75) is 32.4 Å². The van der Waals surface area contributed by atoms with E-state index in [0.29, 0.717) is 0 Å². The van der Waals surface area contributed by atoms with E-state index in [1.165, 1.54) is 0 Å². The Morgan fingerprint density at radius 3 is 2.08 bits per heavy atom. The quantitative estimate of drug-likeness (QED) is 0.633. The number of hydrogen-bond donors (Lipinski definition) is 0. The number of rotatable bonds is 0. The van der Waals surface area contributed by atoms with Crippen molar-refractivity contribution in [2.75, 3.05) is 0 Å². The molecule has 0 radical (unpaired) electrons. The molecule has 0 bridgehead atoms. The minimum Gasteiger partial charge on any atom is -0.447 e. The summed E-state index contributed by atoms with van der Waals surface area (Å²) < 4.78 is 41.6. The lowest BCUT2D eigenvalue weighted by molar-refractivity contribution is -0.142. The van der Waals surface area contributed by atoms with Crippen LogP contribution >= 0.6 is 0 Å². The molecule has 0 saturated carbocycles. The van der Waals surface area contributed by atoms with Crippen molar-refractivity contribution in [1.29, 1.82) is 0 Å². The molecule has 0 amide bonds. The summed E-state index contributed by atoms with van der Waals surface area (Å²) in [5, 5.41) is 0. The van der Waals surface area contributed by atoms with Crippen molar-refractivity contribution in [3.05, 3.63) is 17.8 Å². The Hall–Kier alpha value is -1.00. The van der Waals surface area contributed by atoms with Crippen LogP contribution in [-0.4, -0.2) is 4.98 Å². The van der Waals surface area contributed by atoms with Crippen molar-refractivity contribution in [2.24, 2.45) is 0 Å². The number of oxazole rings is 1. The molecule has 74 valence electrons. The van der Waals surface area contributed by atoms with Gasteiger partial charge in [-0.25, -0.2) is 4.98 Å². The van der Waals surface area contributed by atoms with Crippen LogP contribution in [0.1, 0.15) is 32.2 Å². The summed E-state index contributed by atoms with van der Waals surface area (Å²) in [7, 11) is 0. The molecule has 1 aromatic rings. The van der Waals surface area contributed by atoms with E-state index < -0.39 is 17.3 Å². The molecule has 0 saturated heterocycles. The largest absolute Gasteiger partial charge is 0.447 e. The van der Waals surface area contributed by atoms with E-state index in [1.807, 2.05) is 0 Å². The molecule has 1 rings (SSSR count). The maximum absolute atomic E-state index is 12.3. The first-order valence-electron chi connectivity index (χ1n) is 3.74. The molecule has 1 aromatic heterocycles. The van der Waals surface area contributed by atoms with Crippen LogP contribution in [0.25, 0.3) is 0 Å². The normalized spacial score (nSPS) is 13.4. The molecule has 5 heteroatoms. The average molecular weight is 193 g/mol. The summed E-state index contributed by atoms with van der Waals surface area (Å²) >= 11 is 0. The maximum Gasteiger partial charge on any atom is 0.436 e. The zero-order valence-corrected chi connectivity index (χ0v) is 7.57. The third-order valence-electron chi connectivity index (χ3n) is 1.52. The maximum atomic E-state index is 12.3. The van der Waals surface area contributed by atoms with E-state index in [-0.39, 0.29) is 5.76 Å². The highest BCUT2D eigenvalue weighted by molar-refractivity contribution is 5.18. The first-order chi connectivity index (χ1) is 5.73. The fourth-order valence-electron chi connectivity index (χ4n) is 0.980. The minimum atomic E-state index is -4.43. The molecular weight excluding hydrogens is 183 g/mol. The Labute approximate surface area is 73.8 Å². The standard InChI is InChI=1S/C8H10F3NO/c1-7(2,3)6-5(8(9,10)11)12-4-13-6/h4H,1-3H3. The fraction of sp³-hybridized carbons (Fsp3) is 0.625. The molecule has 0 atom stereocenters. The molecule has 0 aliphatic rings. The zero-order valence-electron chi connectivity index (χ0n) is 7.57. The van der Waals surface area contributed by atoms with Gasteiger partial charge in [0.2, 0.25) is 0 Å². The first kappa shape index (κ1) is 10.1. The van der Waals surface area contributed by atoms with E-state index >= 15 is 0 Å². The van der Waals surface area contributed by atoms with Gasteiger partial charge in [-0.05, 0) is 0 Å². The second-order valence-electron chi connectivity index (χ2n) is 3.78. The number of hydrogen-bond acceptors (Lipinski definition) is 2. The van der Waals surface area contributed by atoms with Gasteiger partial charge in [-0.2, -0.15) is 13.2 Å². The number of nitrogens with zero attached hydrogens (tertiary/aromatic N) is 1. The molecule has 0 aliphatic heterocycles. The molecule has 0 unspecified atom stereocenters. The van der Waals surface area contributed by atoms with Gasteiger partial charge in [0.15, 0.2) is 12.1 Å². The number of alkyl halides is 3. The molecule has 0 aliphatic carbocycles. The molecule has 1 heterocycles. The van der Waals surface area contributed by atoms with Gasteiger partial charge in [-0.1, -0.05) is 20.8 Å². The third-order valence-corrected chi connectivity index (χ3v) is 1.52. The molecule has 0 aromatic carbocycles. The van der Waals surface area contributed by atoms with Gasteiger partial charge in [-0.15, -0.1) is 0 Å². The Balaban J connectivity index is 3.19. The summed E-state index contributed by atoms with van der Waals surface area (Å²) in [4.78, 5) is 3.16. The third kappa shape index (κ3) is 2.02. The molecule has 0 fully saturated rings. The van der Waals surface area contributed by atoms with Gasteiger partial charge in [0.1, 0.15) is 5.76 Å². The Kier molecular flexibility index (Phi) is 2.13. The number of aromatic nitrogens is 1. The average Bonchev–Trinajstić information content (AvgIpc) is 2.27. The monoisotopic (exact) mass is 193 g/mol. The van der Waals surface area contributed by atoms with Crippen molar-refractivity contribution < 1.29 is 17.6 Å². The molecular formula is C8H10F3NO. The van der Waals surface area contributed by atoms with Gasteiger partial charge < -0.3 is 4.42 Å². The van der Waals surface area contributed by atoms with Gasteiger partial charge in [-0.3, -0.25) is 0 Å². The van der Waals surface area contributed by atoms with Gasteiger partial charge >= 0.3 is 6.18 Å². The van der Waals surface area contributed by atoms with E-state index in [2.05, 4.69) is 4.98 Å². The van der Waals surface area contributed by atoms with Crippen LogP contribution in [0.15, 0.2) is 10.8 Å². The topological polar surface area (TPSA) is 26.0 Å². The molecule has 0 spiro atoms. The first-order valence-corrected chi connectivity index (χ1v) is 3.74. The summed E-state index contributed by atoms with van der Waals surface area (Å²) in [6, 6.07) is 0. The van der Waals surface area contributed by atoms with Crippen LogP contribution < -0.4 is 0 Å². The van der Waals surface area contributed by atoms with Crippen LogP contribution in [-0.2, 0) is 11.6 Å². The van der Waals surface area contributed by atoms with Gasteiger partial charge in [0.25, 0.3) is 0 Å². The highest BCUT2D eigenvalue weighted by Crippen LogP contribution is 2.36. The van der Waals surface area contributed by atoms with Crippen molar-refractivity contribution in [3.63, 3.8) is 0 Å². The Morgan fingerprint density at radius 1 is 1.23 bits per heavy atom. The predicted molar refractivity (Wildman–Crippen MR) is 40.2 cm³/mol. The minimum absolute atomic E-state index is 0.125. The highest BCUT2D eigenvalue weighted by Gasteiger charge is 2.40. The smallest absolute Gasteiger partial charge is 0.436 e. The van der Waals surface area contributed by atoms with Crippen LogP contribution in [0.4, 0.5) is 13.2 Å². The van der Waals surface area contributed by atoms with E-state index in [0.717, 1.165) is 6.39 Å². The van der Waals surface area contributed by atoms with Crippen LogP contribution in [0.5, 0.6) is 0 Å². The lowest BCUT2D eigenvalue weighted by Gasteiger charge is -2.16. The lowest BCUT2D eigenvalue weighted by atomic mass is 9.92. The van der Waals surface area contributed by atoms with Gasteiger partial charge in [0, 0.05) is 5.41 Å². The van der Waals surface area contributed by atoms with Crippen LogP contribution in [0.2, 0.25) is 0 Å². The van der Waals surface area contributed by atoms with Crippen molar-refractivity contribution >= 4 is 0 Å². The SMILES string of the molecule is CC(C)(C)c1ocnc1C(F)(F)F. The van der Waals surface area contributed by atoms with Crippen LogP contribution in [0.3, 0.4) is 0 Å². The van der Waals surface area contributed by atoms with Crippen LogP contribution in [0, 0.1) is 0 Å². The molecule has 0 N–H and O–H groups in total. The van der Waals surface area contributed by atoms with Crippen molar-refractivity contribution in [1.82, 2.24) is 4.98 Å². The lowest BCUT2D eigenvalue weighted by Crippen LogP contribution is -2.18. The highest BCUT2D eigenvalue weighted by atomic mass is 19.4. The summed E-state index contributed by atoms with van der Waals surface area (Å²) in [6.07, 6.45) is -3.61. The van der Waals surface area contributed by atoms with Gasteiger partial charge in [0.05, 0.1) is 0 Å². The Bertz CT molecular complexity index is 267. The number of halogens is 3. The molecule has 13 heavy (non-hydrogen) atoms. The van der Waals surface area contributed by atoms with E-state index in [4.69, 9.17) is 4.42 Å². The molecule has 2 nitrogen and oxygen atoms in total. The second kappa shape index (κ2) is 2.75. The predicted octanol–water partition coefficient (Wildman–Crippen LogP) is 2.99.